The van der Waals surface area contributed by atoms with Gasteiger partial charge in [0.25, 0.3) is 5.91 Å². The summed E-state index contributed by atoms with van der Waals surface area (Å²) in [7, 11) is 1.55. The van der Waals surface area contributed by atoms with E-state index in [1.807, 2.05) is 47.4 Å². The molecular formula is C22H26N2O4. The van der Waals surface area contributed by atoms with E-state index in [0.717, 1.165) is 31.5 Å². The molecule has 0 bridgehead atoms. The lowest BCUT2D eigenvalue weighted by atomic mass is 10.0. The molecule has 148 valence electrons. The number of carbonyl (C=O) groups excluding carboxylic acids is 2. The zero-order valence-corrected chi connectivity index (χ0v) is 16.1. The van der Waals surface area contributed by atoms with Crippen LogP contribution in [0.2, 0.25) is 0 Å². The predicted octanol–water partition coefficient (Wildman–Crippen LogP) is 2.42. The van der Waals surface area contributed by atoms with E-state index in [2.05, 4.69) is 5.32 Å². The molecule has 0 aliphatic carbocycles. The van der Waals surface area contributed by atoms with E-state index in [0.29, 0.717) is 17.9 Å². The van der Waals surface area contributed by atoms with Crippen LogP contribution in [0.5, 0.6) is 11.5 Å². The molecule has 3 rings (SSSR count). The molecule has 2 aromatic rings. The van der Waals surface area contributed by atoms with E-state index in [9.17, 15) is 9.59 Å². The summed E-state index contributed by atoms with van der Waals surface area (Å²) >= 11 is 0. The number of carbonyl (C=O) groups is 2. The number of ether oxygens (including phenoxy) is 2. The number of nitrogens with one attached hydrogen (secondary N) is 1. The van der Waals surface area contributed by atoms with E-state index in [4.69, 9.17) is 9.47 Å². The Morgan fingerprint density at radius 2 is 1.64 bits per heavy atom. The van der Waals surface area contributed by atoms with Crippen molar-refractivity contribution in [2.75, 3.05) is 26.8 Å². The number of likely N-dealkylation sites (tertiary alicyclic amines) is 1. The van der Waals surface area contributed by atoms with Crippen LogP contribution < -0.4 is 14.8 Å². The van der Waals surface area contributed by atoms with Gasteiger partial charge in [0.2, 0.25) is 5.91 Å². The van der Waals surface area contributed by atoms with Gasteiger partial charge in [-0.3, -0.25) is 9.59 Å². The van der Waals surface area contributed by atoms with Gasteiger partial charge in [-0.15, -0.1) is 0 Å². The average molecular weight is 382 g/mol. The molecule has 2 amide bonds. The highest BCUT2D eigenvalue weighted by atomic mass is 16.5. The largest absolute Gasteiger partial charge is 0.493 e. The number of rotatable bonds is 8. The first-order chi connectivity index (χ1) is 13.7. The van der Waals surface area contributed by atoms with Crippen molar-refractivity contribution in [2.24, 2.45) is 0 Å². The van der Waals surface area contributed by atoms with E-state index < -0.39 is 6.04 Å². The summed E-state index contributed by atoms with van der Waals surface area (Å²) in [5, 5.41) is 2.85. The first kappa shape index (κ1) is 19.7. The molecule has 28 heavy (non-hydrogen) atoms. The smallest absolute Gasteiger partial charge is 0.258 e. The lowest BCUT2D eigenvalue weighted by Crippen LogP contribution is -2.50. The first-order valence-corrected chi connectivity index (χ1v) is 9.55. The van der Waals surface area contributed by atoms with Crippen molar-refractivity contribution in [3.05, 3.63) is 60.2 Å². The highest BCUT2D eigenvalue weighted by Crippen LogP contribution is 2.25. The normalized spacial score (nSPS) is 14.4. The van der Waals surface area contributed by atoms with Gasteiger partial charge in [-0.1, -0.05) is 42.5 Å². The third-order valence-corrected chi connectivity index (χ3v) is 4.76. The standard InChI is InChI=1S/C22H26N2O4/c1-27-19-11-5-6-12-20(19)28-16-21(25)23-18(15-17-9-3-2-4-10-17)22(26)24-13-7-8-14-24/h2-6,9-12,18H,7-8,13-16H2,1H3,(H,23,25)/t18-/m0/s1. The summed E-state index contributed by atoms with van der Waals surface area (Å²) in [5.41, 5.74) is 1.01. The second-order valence-electron chi connectivity index (χ2n) is 6.78. The minimum atomic E-state index is -0.603. The summed E-state index contributed by atoms with van der Waals surface area (Å²) in [4.78, 5) is 27.2. The fraction of sp³-hybridized carbons (Fsp3) is 0.364. The highest BCUT2D eigenvalue weighted by Gasteiger charge is 2.28. The summed E-state index contributed by atoms with van der Waals surface area (Å²) < 4.78 is 10.8. The number of para-hydroxylation sites is 2. The van der Waals surface area contributed by atoms with Gasteiger partial charge in [0, 0.05) is 19.5 Å². The van der Waals surface area contributed by atoms with Crippen LogP contribution in [-0.2, 0) is 16.0 Å². The molecule has 0 unspecified atom stereocenters. The lowest BCUT2D eigenvalue weighted by molar-refractivity contribution is -0.136. The Kier molecular flexibility index (Phi) is 6.89. The van der Waals surface area contributed by atoms with Gasteiger partial charge in [-0.25, -0.2) is 0 Å². The van der Waals surface area contributed by atoms with Crippen LogP contribution in [0.3, 0.4) is 0 Å². The Balaban J connectivity index is 1.64. The van der Waals surface area contributed by atoms with Gasteiger partial charge in [0.15, 0.2) is 18.1 Å². The van der Waals surface area contributed by atoms with Gasteiger partial charge in [-0.05, 0) is 30.5 Å². The predicted molar refractivity (Wildman–Crippen MR) is 106 cm³/mol. The van der Waals surface area contributed by atoms with Crippen LogP contribution in [0.15, 0.2) is 54.6 Å². The van der Waals surface area contributed by atoms with Crippen LogP contribution >= 0.6 is 0 Å². The molecule has 1 saturated heterocycles. The van der Waals surface area contributed by atoms with Crippen molar-refractivity contribution in [3.63, 3.8) is 0 Å². The molecule has 1 atom stereocenters. The molecule has 0 saturated carbocycles. The quantitative estimate of drug-likeness (QED) is 0.761. The van der Waals surface area contributed by atoms with Crippen molar-refractivity contribution in [1.82, 2.24) is 10.2 Å². The minimum Gasteiger partial charge on any atom is -0.493 e. The Labute approximate surface area is 165 Å². The SMILES string of the molecule is COc1ccccc1OCC(=O)N[C@@H](Cc1ccccc1)C(=O)N1CCCC1. The Bertz CT molecular complexity index is 788. The Hall–Kier alpha value is -3.02. The molecule has 2 aromatic carbocycles. The van der Waals surface area contributed by atoms with E-state index in [-0.39, 0.29) is 18.4 Å². The van der Waals surface area contributed by atoms with Crippen LogP contribution in [0.4, 0.5) is 0 Å². The van der Waals surface area contributed by atoms with Crippen LogP contribution in [0.25, 0.3) is 0 Å². The van der Waals surface area contributed by atoms with E-state index in [1.165, 1.54) is 0 Å². The first-order valence-electron chi connectivity index (χ1n) is 9.55. The van der Waals surface area contributed by atoms with Crippen LogP contribution in [0, 0.1) is 0 Å². The Morgan fingerprint density at radius 3 is 2.32 bits per heavy atom. The van der Waals surface area contributed by atoms with Gasteiger partial charge in [0.1, 0.15) is 6.04 Å². The number of amides is 2. The second kappa shape index (κ2) is 9.78. The van der Waals surface area contributed by atoms with E-state index in [1.54, 1.807) is 19.2 Å². The zero-order chi connectivity index (χ0) is 19.8. The molecule has 0 radical (unpaired) electrons. The fourth-order valence-electron chi connectivity index (χ4n) is 3.33. The second-order valence-corrected chi connectivity index (χ2v) is 6.78. The topological polar surface area (TPSA) is 67.9 Å². The molecule has 0 spiro atoms. The van der Waals surface area contributed by atoms with Gasteiger partial charge < -0.3 is 19.7 Å². The third-order valence-electron chi connectivity index (χ3n) is 4.76. The summed E-state index contributed by atoms with van der Waals surface area (Å²) in [5.74, 6) is 0.682. The van der Waals surface area contributed by atoms with Crippen molar-refractivity contribution in [2.45, 2.75) is 25.3 Å². The van der Waals surface area contributed by atoms with Crippen LogP contribution in [0.1, 0.15) is 18.4 Å². The molecule has 1 heterocycles. The number of hydrogen-bond donors (Lipinski definition) is 1. The number of benzene rings is 2. The molecule has 6 nitrogen and oxygen atoms in total. The van der Waals surface area contributed by atoms with Crippen molar-refractivity contribution >= 4 is 11.8 Å². The maximum Gasteiger partial charge on any atom is 0.258 e. The fourth-order valence-corrected chi connectivity index (χ4v) is 3.33. The number of nitrogens with zero attached hydrogens (tertiary/aromatic N) is 1. The summed E-state index contributed by atoms with van der Waals surface area (Å²) in [6.45, 7) is 1.31. The molecule has 6 heteroatoms. The number of hydrogen-bond acceptors (Lipinski definition) is 4. The minimum absolute atomic E-state index is 0.0352. The third kappa shape index (κ3) is 5.25. The van der Waals surface area contributed by atoms with Crippen molar-refractivity contribution in [3.8, 4) is 11.5 Å². The van der Waals surface area contributed by atoms with Crippen molar-refractivity contribution in [1.29, 1.82) is 0 Å². The molecular weight excluding hydrogens is 356 g/mol. The summed E-state index contributed by atoms with van der Waals surface area (Å²) in [6, 6.07) is 16.3. The van der Waals surface area contributed by atoms with Gasteiger partial charge >= 0.3 is 0 Å². The van der Waals surface area contributed by atoms with Gasteiger partial charge in [0.05, 0.1) is 7.11 Å². The maximum atomic E-state index is 12.9. The van der Waals surface area contributed by atoms with E-state index >= 15 is 0 Å². The molecule has 0 aromatic heterocycles. The van der Waals surface area contributed by atoms with Crippen molar-refractivity contribution < 1.29 is 19.1 Å². The lowest BCUT2D eigenvalue weighted by Gasteiger charge is -2.24. The average Bonchev–Trinajstić information content (AvgIpc) is 3.27. The Morgan fingerprint density at radius 1 is 1.00 bits per heavy atom. The molecule has 1 fully saturated rings. The molecule has 1 aliphatic rings. The maximum absolute atomic E-state index is 12.9. The zero-order valence-electron chi connectivity index (χ0n) is 16.1. The highest BCUT2D eigenvalue weighted by molar-refractivity contribution is 5.88. The summed E-state index contributed by atoms with van der Waals surface area (Å²) in [6.07, 6.45) is 2.47. The number of methoxy groups -OCH3 is 1. The van der Waals surface area contributed by atoms with Crippen LogP contribution in [-0.4, -0.2) is 49.6 Å². The molecule has 1 N–H and O–H groups in total. The van der Waals surface area contributed by atoms with Gasteiger partial charge in [-0.2, -0.15) is 0 Å². The molecule has 1 aliphatic heterocycles. The monoisotopic (exact) mass is 382 g/mol.